The Labute approximate surface area is 109 Å². The molecule has 1 rings (SSSR count). The lowest BCUT2D eigenvalue weighted by molar-refractivity contribution is -0.121. The van der Waals surface area contributed by atoms with E-state index in [2.05, 4.69) is 5.32 Å². The zero-order valence-corrected chi connectivity index (χ0v) is 10.8. The third kappa shape index (κ3) is 3.92. The fraction of sp³-hybridized carbons (Fsp3) is 0.417. The van der Waals surface area contributed by atoms with Crippen molar-refractivity contribution in [3.63, 3.8) is 0 Å². The van der Waals surface area contributed by atoms with Crippen LogP contribution in [0.4, 0.5) is 8.78 Å². The second-order valence-electron chi connectivity index (χ2n) is 3.81. The molecule has 0 aliphatic carbocycles. The summed E-state index contributed by atoms with van der Waals surface area (Å²) in [6, 6.07) is 2.85. The number of benzene rings is 1. The van der Waals surface area contributed by atoms with Gasteiger partial charge in [0.25, 0.3) is 0 Å². The monoisotopic (exact) mass is 277 g/mol. The highest BCUT2D eigenvalue weighted by Gasteiger charge is 2.18. The van der Waals surface area contributed by atoms with Crippen LogP contribution in [0.25, 0.3) is 0 Å². The van der Waals surface area contributed by atoms with Crippen LogP contribution in [0.3, 0.4) is 0 Å². The summed E-state index contributed by atoms with van der Waals surface area (Å²) in [6.07, 6.45) is 0. The van der Waals surface area contributed by atoms with Gasteiger partial charge in [0, 0.05) is 7.11 Å². The molecule has 0 spiro atoms. The van der Waals surface area contributed by atoms with Crippen LogP contribution in [0.15, 0.2) is 18.2 Å². The molecule has 0 saturated carbocycles. The molecule has 100 valence electrons. The summed E-state index contributed by atoms with van der Waals surface area (Å²) in [4.78, 5) is 11.5. The maximum atomic E-state index is 13.1. The van der Waals surface area contributed by atoms with E-state index in [-0.39, 0.29) is 6.61 Å². The number of methoxy groups -OCH3 is 1. The molecule has 0 heterocycles. The van der Waals surface area contributed by atoms with Crippen LogP contribution in [-0.2, 0) is 9.53 Å². The van der Waals surface area contributed by atoms with E-state index in [0.717, 1.165) is 12.1 Å². The largest absolute Gasteiger partial charge is 0.382 e. The molecule has 3 nitrogen and oxygen atoms in total. The number of nitrogens with one attached hydrogen (secondary N) is 1. The van der Waals surface area contributed by atoms with Crippen molar-refractivity contribution >= 4 is 17.5 Å². The van der Waals surface area contributed by atoms with Crippen LogP contribution in [0.1, 0.15) is 18.5 Å². The molecule has 0 aliphatic heterocycles. The van der Waals surface area contributed by atoms with Gasteiger partial charge >= 0.3 is 0 Å². The molecule has 1 amide bonds. The van der Waals surface area contributed by atoms with Gasteiger partial charge in [-0.2, -0.15) is 0 Å². The van der Waals surface area contributed by atoms with Crippen LogP contribution in [0, 0.1) is 11.6 Å². The van der Waals surface area contributed by atoms with E-state index in [1.54, 1.807) is 0 Å². The number of hydrogen-bond donors (Lipinski definition) is 1. The molecule has 2 unspecified atom stereocenters. The lowest BCUT2D eigenvalue weighted by atomic mass is 10.1. The molecule has 2 atom stereocenters. The molecule has 0 fully saturated rings. The van der Waals surface area contributed by atoms with Gasteiger partial charge in [0.05, 0.1) is 12.6 Å². The Hall–Kier alpha value is -1.20. The topological polar surface area (TPSA) is 38.3 Å². The molecule has 0 radical (unpaired) electrons. The second-order valence-corrected chi connectivity index (χ2v) is 4.46. The average Bonchev–Trinajstić information content (AvgIpc) is 2.32. The molecule has 0 aromatic heterocycles. The summed E-state index contributed by atoms with van der Waals surface area (Å²) in [5, 5.41) is 1.88. The fourth-order valence-corrected chi connectivity index (χ4v) is 1.47. The predicted octanol–water partition coefficient (Wildman–Crippen LogP) is 2.40. The van der Waals surface area contributed by atoms with Crippen molar-refractivity contribution in [3.05, 3.63) is 35.4 Å². The number of hydrogen-bond acceptors (Lipinski definition) is 2. The fourth-order valence-electron chi connectivity index (χ4n) is 1.40. The number of alkyl halides is 1. The Morgan fingerprint density at radius 3 is 2.61 bits per heavy atom. The third-order valence-electron chi connectivity index (χ3n) is 2.36. The molecule has 0 aliphatic rings. The summed E-state index contributed by atoms with van der Waals surface area (Å²) in [5.74, 6) is -2.31. The second kappa shape index (κ2) is 6.66. The zero-order valence-electron chi connectivity index (χ0n) is 10.0. The molecule has 1 aromatic carbocycles. The summed E-state index contributed by atoms with van der Waals surface area (Å²) < 4.78 is 30.9. The average molecular weight is 278 g/mol. The van der Waals surface area contributed by atoms with Gasteiger partial charge in [0.2, 0.25) is 5.91 Å². The van der Waals surface area contributed by atoms with Crippen LogP contribution in [-0.4, -0.2) is 25.0 Å². The highest BCUT2D eigenvalue weighted by Crippen LogP contribution is 2.17. The lowest BCUT2D eigenvalue weighted by Gasteiger charge is -2.19. The van der Waals surface area contributed by atoms with E-state index in [1.807, 2.05) is 0 Å². The molecule has 6 heteroatoms. The van der Waals surface area contributed by atoms with Gasteiger partial charge in [-0.1, -0.05) is 6.07 Å². The smallest absolute Gasteiger partial charge is 0.238 e. The Balaban J connectivity index is 2.89. The number of amides is 1. The van der Waals surface area contributed by atoms with E-state index in [9.17, 15) is 13.6 Å². The normalized spacial score (nSPS) is 14.1. The first-order valence-electron chi connectivity index (χ1n) is 5.34. The van der Waals surface area contributed by atoms with Gasteiger partial charge in [-0.3, -0.25) is 4.79 Å². The Kier molecular flexibility index (Phi) is 5.50. The van der Waals surface area contributed by atoms with E-state index in [0.29, 0.717) is 5.56 Å². The van der Waals surface area contributed by atoms with Gasteiger partial charge in [-0.05, 0) is 24.6 Å². The first-order valence-corrected chi connectivity index (χ1v) is 5.77. The Morgan fingerprint density at radius 2 is 2.11 bits per heavy atom. The van der Waals surface area contributed by atoms with Crippen molar-refractivity contribution in [2.45, 2.75) is 18.3 Å². The molecule has 0 saturated heterocycles. The number of carbonyl (C=O) groups excluding carboxylic acids is 1. The summed E-state index contributed by atoms with van der Waals surface area (Å²) in [5.41, 5.74) is 0.418. The van der Waals surface area contributed by atoms with E-state index < -0.39 is 29.0 Å². The maximum absolute atomic E-state index is 13.1. The summed E-state index contributed by atoms with van der Waals surface area (Å²) in [7, 11) is 1.45. The van der Waals surface area contributed by atoms with Crippen LogP contribution < -0.4 is 5.32 Å². The highest BCUT2D eigenvalue weighted by atomic mass is 35.5. The van der Waals surface area contributed by atoms with Gasteiger partial charge < -0.3 is 10.1 Å². The van der Waals surface area contributed by atoms with Crippen molar-refractivity contribution in [2.75, 3.05) is 13.7 Å². The van der Waals surface area contributed by atoms with E-state index in [1.165, 1.54) is 20.1 Å². The van der Waals surface area contributed by atoms with Crippen LogP contribution in [0.5, 0.6) is 0 Å². The van der Waals surface area contributed by atoms with Gasteiger partial charge in [-0.15, -0.1) is 11.6 Å². The lowest BCUT2D eigenvalue weighted by Crippen LogP contribution is -2.35. The maximum Gasteiger partial charge on any atom is 0.238 e. The number of ether oxygens (including phenoxy) is 1. The van der Waals surface area contributed by atoms with E-state index in [4.69, 9.17) is 16.3 Å². The third-order valence-corrected chi connectivity index (χ3v) is 2.56. The molecular formula is C12H14ClF2NO2. The molecular weight excluding hydrogens is 264 g/mol. The minimum absolute atomic E-state index is 0.139. The zero-order chi connectivity index (χ0) is 13.7. The van der Waals surface area contributed by atoms with Gasteiger partial charge in [0.15, 0.2) is 11.6 Å². The highest BCUT2D eigenvalue weighted by molar-refractivity contribution is 6.30. The van der Waals surface area contributed by atoms with Crippen molar-refractivity contribution in [1.82, 2.24) is 5.32 Å². The number of halogens is 3. The Bertz CT molecular complexity index is 427. The quantitative estimate of drug-likeness (QED) is 0.840. The number of carbonyl (C=O) groups is 1. The van der Waals surface area contributed by atoms with Crippen molar-refractivity contribution in [2.24, 2.45) is 0 Å². The standard InChI is InChI=1S/C12H14ClF2NO2/c1-7(13)12(17)16-11(6-18-2)8-3-4-9(14)10(15)5-8/h3-5,7,11H,6H2,1-2H3,(H,16,17). The van der Waals surface area contributed by atoms with Gasteiger partial charge in [-0.25, -0.2) is 8.78 Å². The van der Waals surface area contributed by atoms with Crippen molar-refractivity contribution < 1.29 is 18.3 Å². The minimum Gasteiger partial charge on any atom is -0.382 e. The molecule has 0 bridgehead atoms. The van der Waals surface area contributed by atoms with Gasteiger partial charge in [0.1, 0.15) is 5.38 Å². The molecule has 1 N–H and O–H groups in total. The van der Waals surface area contributed by atoms with Crippen LogP contribution in [0.2, 0.25) is 0 Å². The van der Waals surface area contributed by atoms with Crippen molar-refractivity contribution in [3.8, 4) is 0 Å². The first kappa shape index (κ1) is 14.9. The summed E-state index contributed by atoms with van der Waals surface area (Å²) in [6.45, 7) is 1.66. The first-order chi connectivity index (χ1) is 8.45. The molecule has 1 aromatic rings. The van der Waals surface area contributed by atoms with Crippen LogP contribution >= 0.6 is 11.6 Å². The molecule has 18 heavy (non-hydrogen) atoms. The minimum atomic E-state index is -0.971. The predicted molar refractivity (Wildman–Crippen MR) is 64.4 cm³/mol. The number of rotatable bonds is 5. The Morgan fingerprint density at radius 1 is 1.44 bits per heavy atom. The van der Waals surface area contributed by atoms with E-state index >= 15 is 0 Å². The summed E-state index contributed by atoms with van der Waals surface area (Å²) >= 11 is 5.63. The van der Waals surface area contributed by atoms with Crippen molar-refractivity contribution in [1.29, 1.82) is 0 Å². The SMILES string of the molecule is COCC(NC(=O)C(C)Cl)c1ccc(F)c(F)c1.